The van der Waals surface area contributed by atoms with Crippen LogP contribution in [0.25, 0.3) is 0 Å². The molecule has 4 nitrogen and oxygen atoms in total. The van der Waals surface area contributed by atoms with Crippen molar-refractivity contribution in [2.45, 2.75) is 187 Å². The summed E-state index contributed by atoms with van der Waals surface area (Å²) in [5.74, 6) is 2.39. The summed E-state index contributed by atoms with van der Waals surface area (Å²) in [7, 11) is 0. The van der Waals surface area contributed by atoms with Gasteiger partial charge in [-0.3, -0.25) is 9.59 Å². The number of thioether (sulfide) groups is 1. The van der Waals surface area contributed by atoms with E-state index in [1.54, 1.807) is 0 Å². The summed E-state index contributed by atoms with van der Waals surface area (Å²) < 4.78 is 5.68. The van der Waals surface area contributed by atoms with Crippen LogP contribution in [-0.2, 0) is 14.3 Å². The summed E-state index contributed by atoms with van der Waals surface area (Å²) in [5, 5.41) is 10.0. The second kappa shape index (κ2) is 31.4. The number of aliphatic hydroxyl groups excluding tert-OH is 1. The number of aliphatic hydroxyl groups is 1. The van der Waals surface area contributed by atoms with Gasteiger partial charge in [-0.15, -0.1) is 0 Å². The van der Waals surface area contributed by atoms with Crippen molar-refractivity contribution in [3.63, 3.8) is 0 Å². The van der Waals surface area contributed by atoms with E-state index >= 15 is 0 Å². The Balaban J connectivity index is 3.80. The number of hydrogen-bond donors (Lipinski definition) is 1. The molecule has 0 saturated carbocycles. The first kappa shape index (κ1) is 39.5. The average molecular weight is 585 g/mol. The van der Waals surface area contributed by atoms with Gasteiger partial charge in [-0.25, -0.2) is 0 Å². The Hall–Kier alpha value is -0.550. The molecular weight excluding hydrogens is 516 g/mol. The first-order valence-electron chi connectivity index (χ1n) is 17.5. The molecule has 0 rings (SSSR count). The Morgan fingerprint density at radius 2 is 1.07 bits per heavy atom. The number of carbonyl (C=O) groups is 2. The minimum atomic E-state index is -0.158. The van der Waals surface area contributed by atoms with Crippen LogP contribution in [0.5, 0.6) is 0 Å². The molecule has 0 amide bonds. The third-order valence-corrected chi connectivity index (χ3v) is 9.13. The number of Topliss-reactive ketones (excluding diaryl/α,β-unsaturated/α-hetero) is 1. The molecule has 0 radical (unpaired) electrons. The van der Waals surface area contributed by atoms with Crippen molar-refractivity contribution in [1.29, 1.82) is 0 Å². The lowest BCUT2D eigenvalue weighted by Crippen LogP contribution is -2.18. The van der Waals surface area contributed by atoms with Crippen LogP contribution in [0.15, 0.2) is 0 Å². The van der Waals surface area contributed by atoms with Crippen LogP contribution in [-0.4, -0.2) is 41.1 Å². The van der Waals surface area contributed by atoms with E-state index in [9.17, 15) is 14.7 Å². The third-order valence-electron chi connectivity index (χ3n) is 7.94. The monoisotopic (exact) mass is 584 g/mol. The van der Waals surface area contributed by atoms with Crippen LogP contribution in [0.2, 0.25) is 0 Å². The molecule has 238 valence electrons. The fraction of sp³-hybridized carbons (Fsp3) is 0.943. The average Bonchev–Trinajstić information content (AvgIpc) is 2.95. The maximum Gasteiger partial charge on any atom is 0.308 e. The lowest BCUT2D eigenvalue weighted by Gasteiger charge is -2.16. The van der Waals surface area contributed by atoms with Gasteiger partial charge in [0.25, 0.3) is 0 Å². The van der Waals surface area contributed by atoms with E-state index in [2.05, 4.69) is 20.8 Å². The van der Waals surface area contributed by atoms with Crippen LogP contribution < -0.4 is 0 Å². The normalized spacial score (nSPS) is 12.9. The summed E-state index contributed by atoms with van der Waals surface area (Å²) in [6.45, 7) is 7.18. The smallest absolute Gasteiger partial charge is 0.308 e. The van der Waals surface area contributed by atoms with Gasteiger partial charge in [0.1, 0.15) is 5.78 Å². The van der Waals surface area contributed by atoms with Crippen LogP contribution in [0.3, 0.4) is 0 Å². The van der Waals surface area contributed by atoms with E-state index < -0.39 is 0 Å². The Morgan fingerprint density at radius 3 is 1.68 bits per heavy atom. The van der Waals surface area contributed by atoms with Gasteiger partial charge < -0.3 is 9.84 Å². The highest BCUT2D eigenvalue weighted by atomic mass is 32.2. The zero-order valence-corrected chi connectivity index (χ0v) is 27.9. The molecule has 0 fully saturated rings. The van der Waals surface area contributed by atoms with Crippen molar-refractivity contribution in [3.05, 3.63) is 0 Å². The van der Waals surface area contributed by atoms with Crippen molar-refractivity contribution in [2.75, 3.05) is 18.1 Å². The van der Waals surface area contributed by atoms with E-state index in [4.69, 9.17) is 4.74 Å². The SMILES string of the molecule is CCCCCCCCC(CCCCCC)C(=O)OCCCCCC(=O)CCCCCSCC(O)CCCCCC. The molecule has 0 aliphatic rings. The van der Waals surface area contributed by atoms with Gasteiger partial charge in [-0.1, -0.05) is 117 Å². The second-order valence-electron chi connectivity index (χ2n) is 12.0. The van der Waals surface area contributed by atoms with E-state index in [1.165, 1.54) is 70.6 Å². The predicted octanol–water partition coefficient (Wildman–Crippen LogP) is 10.6. The van der Waals surface area contributed by atoms with Crippen molar-refractivity contribution in [2.24, 2.45) is 5.92 Å². The maximum atomic E-state index is 12.7. The zero-order valence-electron chi connectivity index (χ0n) is 27.0. The van der Waals surface area contributed by atoms with E-state index in [1.807, 2.05) is 11.8 Å². The van der Waals surface area contributed by atoms with E-state index in [-0.39, 0.29) is 18.0 Å². The lowest BCUT2D eigenvalue weighted by molar-refractivity contribution is -0.149. The summed E-state index contributed by atoms with van der Waals surface area (Å²) in [5.41, 5.74) is 0. The maximum absolute atomic E-state index is 12.7. The van der Waals surface area contributed by atoms with E-state index in [0.717, 1.165) is 88.6 Å². The summed E-state index contributed by atoms with van der Waals surface area (Å²) in [6.07, 6.45) is 27.3. The fourth-order valence-electron chi connectivity index (χ4n) is 5.20. The number of esters is 1. The van der Waals surface area contributed by atoms with Gasteiger partial charge in [0.05, 0.1) is 18.6 Å². The minimum Gasteiger partial charge on any atom is -0.465 e. The Kier molecular flexibility index (Phi) is 31.0. The molecule has 2 atom stereocenters. The summed E-state index contributed by atoms with van der Waals surface area (Å²) in [4.78, 5) is 24.9. The first-order valence-corrected chi connectivity index (χ1v) is 18.6. The highest BCUT2D eigenvalue weighted by Gasteiger charge is 2.19. The highest BCUT2D eigenvalue weighted by molar-refractivity contribution is 7.99. The molecule has 0 aromatic heterocycles. The number of unbranched alkanes of at least 4 members (excludes halogenated alkanes) is 15. The van der Waals surface area contributed by atoms with Gasteiger partial charge in [-0.2, -0.15) is 11.8 Å². The number of rotatable bonds is 32. The molecule has 40 heavy (non-hydrogen) atoms. The van der Waals surface area contributed by atoms with Gasteiger partial charge >= 0.3 is 5.97 Å². The molecule has 0 spiro atoms. The van der Waals surface area contributed by atoms with Crippen LogP contribution in [0.1, 0.15) is 181 Å². The Labute approximate surface area is 254 Å². The van der Waals surface area contributed by atoms with Crippen molar-refractivity contribution in [1.82, 2.24) is 0 Å². The Bertz CT molecular complexity index is 554. The number of ketones is 1. The second-order valence-corrected chi connectivity index (χ2v) is 13.2. The van der Waals surface area contributed by atoms with Gasteiger partial charge in [0, 0.05) is 18.6 Å². The molecule has 1 N–H and O–H groups in total. The molecule has 0 aromatic rings. The largest absolute Gasteiger partial charge is 0.465 e. The molecular formula is C35H68O4S. The molecule has 0 aliphatic heterocycles. The summed E-state index contributed by atoms with van der Waals surface area (Å²) >= 11 is 1.85. The van der Waals surface area contributed by atoms with Crippen LogP contribution in [0, 0.1) is 5.92 Å². The Morgan fingerprint density at radius 1 is 0.600 bits per heavy atom. The molecule has 2 unspecified atom stereocenters. The lowest BCUT2D eigenvalue weighted by atomic mass is 9.94. The highest BCUT2D eigenvalue weighted by Crippen LogP contribution is 2.21. The zero-order chi connectivity index (χ0) is 29.5. The topological polar surface area (TPSA) is 63.6 Å². The van der Waals surface area contributed by atoms with Crippen LogP contribution in [0.4, 0.5) is 0 Å². The first-order chi connectivity index (χ1) is 19.5. The summed E-state index contributed by atoms with van der Waals surface area (Å²) in [6, 6.07) is 0. The number of ether oxygens (including phenoxy) is 1. The van der Waals surface area contributed by atoms with Crippen LogP contribution >= 0.6 is 11.8 Å². The molecule has 0 saturated heterocycles. The molecule has 5 heteroatoms. The van der Waals surface area contributed by atoms with Gasteiger partial charge in [-0.05, 0) is 57.1 Å². The third kappa shape index (κ3) is 27.6. The molecule has 0 aromatic carbocycles. The number of carbonyl (C=O) groups excluding carboxylic acids is 2. The number of hydrogen-bond acceptors (Lipinski definition) is 5. The molecule has 0 heterocycles. The standard InChI is InChI=1S/C35H68O4S/c1-4-7-10-13-14-18-25-32(24-17-11-8-5-2)35(38)39-29-22-15-20-26-33(36)27-21-16-23-30-40-31-34(37)28-19-12-9-6-3/h32,34,37H,4-31H2,1-3H3. The quantitative estimate of drug-likeness (QED) is 0.0629. The van der Waals surface area contributed by atoms with Crippen molar-refractivity contribution in [3.8, 4) is 0 Å². The van der Waals surface area contributed by atoms with Crippen molar-refractivity contribution < 1.29 is 19.4 Å². The molecule has 0 bridgehead atoms. The van der Waals surface area contributed by atoms with Crippen molar-refractivity contribution >= 4 is 23.5 Å². The predicted molar refractivity (Wildman–Crippen MR) is 175 cm³/mol. The van der Waals surface area contributed by atoms with Gasteiger partial charge in [0.2, 0.25) is 0 Å². The van der Waals surface area contributed by atoms with E-state index in [0.29, 0.717) is 25.2 Å². The van der Waals surface area contributed by atoms with Gasteiger partial charge in [0.15, 0.2) is 0 Å². The minimum absolute atomic E-state index is 0.0146. The fourth-order valence-corrected chi connectivity index (χ4v) is 6.21. The molecule has 0 aliphatic carbocycles.